The lowest BCUT2D eigenvalue weighted by Crippen LogP contribution is -2.00. The molecule has 0 saturated heterocycles. The number of carboxylic acids is 1. The van der Waals surface area contributed by atoms with Crippen LogP contribution in [0.3, 0.4) is 0 Å². The van der Waals surface area contributed by atoms with Crippen LogP contribution in [0.15, 0.2) is 60.4 Å². The maximum atomic E-state index is 11.4. The molecule has 0 unspecified atom stereocenters. The first-order valence-corrected chi connectivity index (χ1v) is 10.8. The van der Waals surface area contributed by atoms with E-state index in [-0.39, 0.29) is 6.42 Å². The van der Waals surface area contributed by atoms with Crippen molar-refractivity contribution in [3.05, 3.63) is 76.5 Å². The number of carbonyl (C=O) groups is 1. The molecule has 0 aliphatic rings. The Morgan fingerprint density at radius 3 is 2.77 bits per heavy atom. The summed E-state index contributed by atoms with van der Waals surface area (Å²) in [5, 5.41) is 14.2. The van der Waals surface area contributed by atoms with Gasteiger partial charge >= 0.3 is 5.97 Å². The monoisotopic (exact) mass is 448 g/mol. The predicted octanol–water partition coefficient (Wildman–Crippen LogP) is 5.22. The van der Waals surface area contributed by atoms with E-state index in [0.717, 1.165) is 38.7 Å². The molecule has 0 spiro atoms. The van der Waals surface area contributed by atoms with Gasteiger partial charge in [-0.05, 0) is 46.2 Å². The van der Waals surface area contributed by atoms with Crippen LogP contribution < -0.4 is 5.73 Å². The second kappa shape index (κ2) is 7.68. The number of fused-ring (bicyclic) bond motifs is 2. The van der Waals surface area contributed by atoms with Crippen molar-refractivity contribution in [1.29, 1.82) is 0 Å². The van der Waals surface area contributed by atoms with Crippen molar-refractivity contribution in [3.63, 3.8) is 0 Å². The van der Waals surface area contributed by atoms with Gasteiger partial charge in [-0.3, -0.25) is 4.79 Å². The molecule has 0 radical (unpaired) electrons. The lowest BCUT2D eigenvalue weighted by molar-refractivity contribution is -0.136. The molecule has 0 atom stereocenters. The summed E-state index contributed by atoms with van der Waals surface area (Å²) >= 11 is 7.89. The Balaban J connectivity index is 1.65. The largest absolute Gasteiger partial charge is 0.481 e. The van der Waals surface area contributed by atoms with Crippen molar-refractivity contribution in [1.82, 2.24) is 14.5 Å². The molecule has 0 amide bonds. The molecule has 0 bridgehead atoms. The molecular weight excluding hydrogens is 432 g/mol. The highest BCUT2D eigenvalue weighted by molar-refractivity contribution is 7.17. The Kier molecular flexibility index (Phi) is 4.84. The molecule has 2 aromatic carbocycles. The molecule has 5 aromatic rings. The van der Waals surface area contributed by atoms with Crippen molar-refractivity contribution in [2.45, 2.75) is 13.0 Å². The smallest absolute Gasteiger partial charge is 0.307 e. The summed E-state index contributed by atoms with van der Waals surface area (Å²) < 4.78 is 3.25. The summed E-state index contributed by atoms with van der Waals surface area (Å²) in [6.45, 7) is 0.603. The van der Waals surface area contributed by atoms with E-state index in [9.17, 15) is 9.90 Å². The van der Waals surface area contributed by atoms with Crippen LogP contribution in [-0.4, -0.2) is 25.6 Å². The maximum Gasteiger partial charge on any atom is 0.307 e. The second-order valence-corrected chi connectivity index (χ2v) is 8.66. The van der Waals surface area contributed by atoms with Crippen molar-refractivity contribution in [2.75, 3.05) is 5.73 Å². The van der Waals surface area contributed by atoms with E-state index in [1.165, 1.54) is 11.0 Å². The third-order valence-electron chi connectivity index (χ3n) is 5.25. The van der Waals surface area contributed by atoms with Gasteiger partial charge in [0.15, 0.2) is 0 Å². The number of hydrogen-bond donors (Lipinski definition) is 2. The SMILES string of the molecule is Nc1cc(-c2ccc3c(CC(=O)O)cn(Cc4csc5ccc(Cl)cc45)c3c2)ncn1. The molecule has 3 aromatic heterocycles. The van der Waals surface area contributed by atoms with Crippen LogP contribution in [0.5, 0.6) is 0 Å². The van der Waals surface area contributed by atoms with E-state index in [1.54, 1.807) is 17.4 Å². The van der Waals surface area contributed by atoms with E-state index >= 15 is 0 Å². The van der Waals surface area contributed by atoms with E-state index in [4.69, 9.17) is 17.3 Å². The number of hydrogen-bond acceptors (Lipinski definition) is 5. The molecule has 5 rings (SSSR count). The van der Waals surface area contributed by atoms with Gasteiger partial charge in [0, 0.05) is 45.0 Å². The highest BCUT2D eigenvalue weighted by Gasteiger charge is 2.15. The molecule has 154 valence electrons. The van der Waals surface area contributed by atoms with Gasteiger partial charge in [0.05, 0.1) is 12.1 Å². The number of thiophene rings is 1. The fraction of sp³-hybridized carbons (Fsp3) is 0.0870. The van der Waals surface area contributed by atoms with Crippen molar-refractivity contribution >= 4 is 55.7 Å². The summed E-state index contributed by atoms with van der Waals surface area (Å²) in [5.74, 6) is -0.465. The van der Waals surface area contributed by atoms with Crippen LogP contribution in [0, 0.1) is 0 Å². The third-order valence-corrected chi connectivity index (χ3v) is 6.49. The first kappa shape index (κ1) is 19.5. The molecule has 8 heteroatoms. The molecule has 0 aliphatic heterocycles. The van der Waals surface area contributed by atoms with Gasteiger partial charge in [0.1, 0.15) is 12.1 Å². The Bertz CT molecular complexity index is 1460. The van der Waals surface area contributed by atoms with E-state index < -0.39 is 5.97 Å². The Morgan fingerprint density at radius 2 is 1.97 bits per heavy atom. The first-order chi connectivity index (χ1) is 15.0. The second-order valence-electron chi connectivity index (χ2n) is 7.31. The lowest BCUT2D eigenvalue weighted by atomic mass is 10.1. The van der Waals surface area contributed by atoms with Gasteiger partial charge in [-0.2, -0.15) is 0 Å². The molecule has 0 fully saturated rings. The number of aliphatic carboxylic acids is 1. The van der Waals surface area contributed by atoms with Gasteiger partial charge in [-0.1, -0.05) is 23.7 Å². The average Bonchev–Trinajstić information content (AvgIpc) is 3.29. The summed E-state index contributed by atoms with van der Waals surface area (Å²) in [6, 6.07) is 13.5. The molecule has 3 N–H and O–H groups in total. The van der Waals surface area contributed by atoms with Gasteiger partial charge < -0.3 is 15.4 Å². The number of benzene rings is 2. The quantitative estimate of drug-likeness (QED) is 0.384. The van der Waals surface area contributed by atoms with E-state index in [0.29, 0.717) is 17.4 Å². The van der Waals surface area contributed by atoms with Crippen LogP contribution >= 0.6 is 22.9 Å². The highest BCUT2D eigenvalue weighted by atomic mass is 35.5. The average molecular weight is 449 g/mol. The van der Waals surface area contributed by atoms with Crippen LogP contribution in [0.4, 0.5) is 5.82 Å². The number of nitrogens with two attached hydrogens (primary N) is 1. The molecule has 3 heterocycles. The number of carboxylic acid groups (broad SMARTS) is 1. The highest BCUT2D eigenvalue weighted by Crippen LogP contribution is 2.32. The summed E-state index contributed by atoms with van der Waals surface area (Å²) in [7, 11) is 0. The number of nitrogens with zero attached hydrogens (tertiary/aromatic N) is 3. The molecule has 6 nitrogen and oxygen atoms in total. The Hall–Kier alpha value is -3.42. The normalized spacial score (nSPS) is 11.4. The molecule has 31 heavy (non-hydrogen) atoms. The minimum absolute atomic E-state index is 0.0421. The van der Waals surface area contributed by atoms with Crippen molar-refractivity contribution in [2.24, 2.45) is 0 Å². The number of aromatic nitrogens is 3. The van der Waals surface area contributed by atoms with E-state index in [2.05, 4.69) is 19.9 Å². The zero-order valence-corrected chi connectivity index (χ0v) is 17.8. The minimum Gasteiger partial charge on any atom is -0.481 e. The Labute approximate surface area is 186 Å². The summed E-state index contributed by atoms with van der Waals surface area (Å²) in [4.78, 5) is 19.7. The zero-order valence-electron chi connectivity index (χ0n) is 16.2. The fourth-order valence-corrected chi connectivity index (χ4v) is 4.96. The van der Waals surface area contributed by atoms with Crippen LogP contribution in [0.1, 0.15) is 11.1 Å². The van der Waals surface area contributed by atoms with Gasteiger partial charge in [0.2, 0.25) is 0 Å². The van der Waals surface area contributed by atoms with E-state index in [1.807, 2.05) is 42.6 Å². The van der Waals surface area contributed by atoms with Gasteiger partial charge in [0.25, 0.3) is 0 Å². The number of nitrogen functional groups attached to an aromatic ring is 1. The topological polar surface area (TPSA) is 94.0 Å². The first-order valence-electron chi connectivity index (χ1n) is 9.55. The predicted molar refractivity (Wildman–Crippen MR) is 125 cm³/mol. The number of halogens is 1. The fourth-order valence-electron chi connectivity index (χ4n) is 3.85. The molecule has 0 aliphatic carbocycles. The number of rotatable bonds is 5. The summed E-state index contributed by atoms with van der Waals surface area (Å²) in [6.07, 6.45) is 3.31. The van der Waals surface area contributed by atoms with Gasteiger partial charge in [-0.15, -0.1) is 11.3 Å². The number of anilines is 1. The minimum atomic E-state index is -0.862. The standard InChI is InChI=1S/C23H17ClN4O2S/c24-16-2-4-21-18(7-16)15(11-31-21)10-28-9-14(6-23(29)30)17-3-1-13(5-20(17)28)19-8-22(25)27-12-26-19/h1-5,7-9,11-12H,6,10H2,(H,29,30)(H2,25,26,27). The van der Waals surface area contributed by atoms with Gasteiger partial charge in [-0.25, -0.2) is 9.97 Å². The maximum absolute atomic E-state index is 11.4. The van der Waals surface area contributed by atoms with Crippen LogP contribution in [-0.2, 0) is 17.8 Å². The van der Waals surface area contributed by atoms with Crippen molar-refractivity contribution < 1.29 is 9.90 Å². The van der Waals surface area contributed by atoms with Crippen LogP contribution in [0.25, 0.3) is 32.2 Å². The van der Waals surface area contributed by atoms with Crippen LogP contribution in [0.2, 0.25) is 5.02 Å². The molecule has 0 saturated carbocycles. The lowest BCUT2D eigenvalue weighted by Gasteiger charge is -2.07. The molecular formula is C23H17ClN4O2S. The third kappa shape index (κ3) is 3.73. The zero-order chi connectivity index (χ0) is 21.5. The summed E-state index contributed by atoms with van der Waals surface area (Å²) in [5.41, 5.74) is 10.3. The van der Waals surface area contributed by atoms with Crippen molar-refractivity contribution in [3.8, 4) is 11.3 Å². The Morgan fingerprint density at radius 1 is 1.10 bits per heavy atom.